The van der Waals surface area contributed by atoms with E-state index in [-0.39, 0.29) is 12.0 Å². The van der Waals surface area contributed by atoms with E-state index in [0.717, 1.165) is 17.8 Å². The van der Waals surface area contributed by atoms with Crippen LogP contribution in [0.1, 0.15) is 34.9 Å². The highest BCUT2D eigenvalue weighted by Gasteiger charge is 2.25. The summed E-state index contributed by atoms with van der Waals surface area (Å²) in [5.41, 5.74) is 5.81. The van der Waals surface area contributed by atoms with Crippen molar-refractivity contribution in [1.82, 2.24) is 9.78 Å². The third-order valence-corrected chi connectivity index (χ3v) is 4.12. The lowest BCUT2D eigenvalue weighted by molar-refractivity contribution is 0.218. The van der Waals surface area contributed by atoms with Crippen LogP contribution in [0.25, 0.3) is 5.69 Å². The Kier molecular flexibility index (Phi) is 3.22. The van der Waals surface area contributed by atoms with Gasteiger partial charge in [-0.3, -0.25) is 0 Å². The van der Waals surface area contributed by atoms with E-state index in [2.05, 4.69) is 39.0 Å². The van der Waals surface area contributed by atoms with Crippen LogP contribution in [-0.4, -0.2) is 21.0 Å². The summed E-state index contributed by atoms with van der Waals surface area (Å²) in [6.07, 6.45) is 4.43. The smallest absolute Gasteiger partial charge is 0.0730 e. The molecule has 2 aromatic rings. The molecule has 0 unspecified atom stereocenters. The third-order valence-electron chi connectivity index (χ3n) is 4.12. The Morgan fingerprint density at radius 3 is 2.55 bits per heavy atom. The second-order valence-electron chi connectivity index (χ2n) is 5.58. The summed E-state index contributed by atoms with van der Waals surface area (Å²) in [5.74, 6) is 0.280. The van der Waals surface area contributed by atoms with Crippen LogP contribution in [0, 0.1) is 20.8 Å². The highest BCUT2D eigenvalue weighted by atomic mass is 16.3. The van der Waals surface area contributed by atoms with E-state index in [1.54, 1.807) is 0 Å². The maximum atomic E-state index is 9.70. The van der Waals surface area contributed by atoms with E-state index < -0.39 is 0 Å². The molecular formula is C17H20N2O. The molecule has 0 spiro atoms. The molecule has 1 aliphatic rings. The van der Waals surface area contributed by atoms with Crippen molar-refractivity contribution < 1.29 is 5.11 Å². The molecule has 3 rings (SSSR count). The molecule has 0 saturated carbocycles. The van der Waals surface area contributed by atoms with E-state index in [1.807, 2.05) is 22.9 Å². The van der Waals surface area contributed by atoms with Gasteiger partial charge in [0.05, 0.1) is 17.5 Å². The quantitative estimate of drug-likeness (QED) is 0.849. The zero-order valence-corrected chi connectivity index (χ0v) is 12.2. The minimum absolute atomic E-state index is 0.280. The molecule has 1 aromatic carbocycles. The molecule has 0 aliphatic heterocycles. The number of aliphatic hydroxyl groups excluding tert-OH is 1. The van der Waals surface area contributed by atoms with Crippen molar-refractivity contribution >= 4 is 0 Å². The lowest BCUT2D eigenvalue weighted by atomic mass is 9.96. The van der Waals surface area contributed by atoms with Gasteiger partial charge in [0.1, 0.15) is 0 Å². The van der Waals surface area contributed by atoms with E-state index in [0.29, 0.717) is 0 Å². The van der Waals surface area contributed by atoms with Crippen LogP contribution < -0.4 is 0 Å². The number of aromatic nitrogens is 2. The second kappa shape index (κ2) is 4.91. The van der Waals surface area contributed by atoms with Crippen molar-refractivity contribution in [3.8, 4) is 5.69 Å². The van der Waals surface area contributed by atoms with Crippen LogP contribution in [0.5, 0.6) is 0 Å². The molecule has 1 aliphatic carbocycles. The van der Waals surface area contributed by atoms with E-state index in [4.69, 9.17) is 5.10 Å². The second-order valence-corrected chi connectivity index (χ2v) is 5.58. The average Bonchev–Trinajstić information content (AvgIpc) is 2.94. The molecule has 2 atom stereocenters. The van der Waals surface area contributed by atoms with Crippen LogP contribution in [0.2, 0.25) is 0 Å². The van der Waals surface area contributed by atoms with Crippen molar-refractivity contribution in [3.63, 3.8) is 0 Å². The Morgan fingerprint density at radius 1 is 1.15 bits per heavy atom. The number of allylic oxidation sites excluding steroid dienone is 1. The zero-order chi connectivity index (χ0) is 14.3. The normalized spacial score (nSPS) is 21.6. The van der Waals surface area contributed by atoms with Gasteiger partial charge in [0.25, 0.3) is 0 Å². The van der Waals surface area contributed by atoms with Crippen molar-refractivity contribution in [1.29, 1.82) is 0 Å². The number of aliphatic hydroxyl groups is 1. The van der Waals surface area contributed by atoms with E-state index in [9.17, 15) is 5.11 Å². The zero-order valence-electron chi connectivity index (χ0n) is 12.2. The minimum atomic E-state index is -0.319. The standard InChI is InChI=1S/C17H20N2O/c1-11-6-4-5-7-16(11)19-13(3)17(12(2)18-19)14-8-9-15(20)10-14/h4-9,14-15,20H,10H2,1-3H3/t14-,15+/m0/s1. The first kappa shape index (κ1) is 13.1. The van der Waals surface area contributed by atoms with Gasteiger partial charge in [-0.2, -0.15) is 5.10 Å². The Balaban J connectivity index is 2.08. The van der Waals surface area contributed by atoms with Crippen molar-refractivity contribution in [3.05, 3.63) is 58.9 Å². The molecular weight excluding hydrogens is 248 g/mol. The lowest BCUT2D eigenvalue weighted by Crippen LogP contribution is -2.04. The van der Waals surface area contributed by atoms with E-state index in [1.165, 1.54) is 16.8 Å². The van der Waals surface area contributed by atoms with Gasteiger partial charge in [0.15, 0.2) is 0 Å². The molecule has 104 valence electrons. The summed E-state index contributed by atoms with van der Waals surface area (Å²) in [5, 5.41) is 14.4. The Labute approximate surface area is 119 Å². The number of hydrogen-bond acceptors (Lipinski definition) is 2. The lowest BCUT2D eigenvalue weighted by Gasteiger charge is -2.11. The maximum Gasteiger partial charge on any atom is 0.0730 e. The molecule has 0 bridgehead atoms. The maximum absolute atomic E-state index is 9.70. The molecule has 1 heterocycles. The number of para-hydroxylation sites is 1. The van der Waals surface area contributed by atoms with Gasteiger partial charge in [-0.05, 0) is 38.8 Å². The predicted molar refractivity (Wildman–Crippen MR) is 80.3 cm³/mol. The van der Waals surface area contributed by atoms with Crippen molar-refractivity contribution in [2.45, 2.75) is 39.2 Å². The molecule has 0 saturated heterocycles. The van der Waals surface area contributed by atoms with Gasteiger partial charge in [-0.15, -0.1) is 0 Å². The average molecular weight is 268 g/mol. The summed E-state index contributed by atoms with van der Waals surface area (Å²) in [6, 6.07) is 8.28. The predicted octanol–water partition coefficient (Wildman–Crippen LogP) is 3.20. The van der Waals surface area contributed by atoms with Gasteiger partial charge in [-0.25, -0.2) is 4.68 Å². The highest BCUT2D eigenvalue weighted by molar-refractivity contribution is 5.44. The first-order chi connectivity index (χ1) is 9.58. The van der Waals surface area contributed by atoms with Crippen molar-refractivity contribution in [2.24, 2.45) is 0 Å². The molecule has 0 radical (unpaired) electrons. The number of rotatable bonds is 2. The first-order valence-electron chi connectivity index (χ1n) is 7.06. The van der Waals surface area contributed by atoms with Crippen molar-refractivity contribution in [2.75, 3.05) is 0 Å². The number of benzene rings is 1. The topological polar surface area (TPSA) is 38.0 Å². The monoisotopic (exact) mass is 268 g/mol. The van der Waals surface area contributed by atoms with Crippen LogP contribution in [0.4, 0.5) is 0 Å². The number of hydrogen-bond donors (Lipinski definition) is 1. The van der Waals surface area contributed by atoms with Crippen LogP contribution in [0.3, 0.4) is 0 Å². The fourth-order valence-electron chi connectivity index (χ4n) is 3.12. The van der Waals surface area contributed by atoms with Crippen LogP contribution >= 0.6 is 0 Å². The summed E-state index contributed by atoms with van der Waals surface area (Å²) in [7, 11) is 0. The molecule has 0 amide bonds. The van der Waals surface area contributed by atoms with E-state index >= 15 is 0 Å². The third kappa shape index (κ3) is 2.08. The summed E-state index contributed by atoms with van der Waals surface area (Å²) >= 11 is 0. The van der Waals surface area contributed by atoms with Gasteiger partial charge in [0, 0.05) is 17.2 Å². The molecule has 3 heteroatoms. The van der Waals surface area contributed by atoms with Crippen LogP contribution in [0.15, 0.2) is 36.4 Å². The Morgan fingerprint density at radius 2 is 1.90 bits per heavy atom. The van der Waals surface area contributed by atoms with Gasteiger partial charge in [-0.1, -0.05) is 30.4 Å². The minimum Gasteiger partial charge on any atom is -0.389 e. The van der Waals surface area contributed by atoms with Gasteiger partial charge in [0.2, 0.25) is 0 Å². The Hall–Kier alpha value is -1.87. The fraction of sp³-hybridized carbons (Fsp3) is 0.353. The first-order valence-corrected chi connectivity index (χ1v) is 7.06. The largest absolute Gasteiger partial charge is 0.389 e. The SMILES string of the molecule is Cc1ccccc1-n1nc(C)c([C@H]2C=C[C@@H](O)C2)c1C. The molecule has 20 heavy (non-hydrogen) atoms. The summed E-state index contributed by atoms with van der Waals surface area (Å²) < 4.78 is 2.03. The fourth-order valence-corrected chi connectivity index (χ4v) is 3.12. The summed E-state index contributed by atoms with van der Waals surface area (Å²) in [6.45, 7) is 6.26. The molecule has 0 fully saturated rings. The van der Waals surface area contributed by atoms with Gasteiger partial charge >= 0.3 is 0 Å². The Bertz CT molecular complexity index is 670. The summed E-state index contributed by atoms with van der Waals surface area (Å²) in [4.78, 5) is 0. The van der Waals surface area contributed by atoms with Gasteiger partial charge < -0.3 is 5.11 Å². The highest BCUT2D eigenvalue weighted by Crippen LogP contribution is 2.34. The number of nitrogens with zero attached hydrogens (tertiary/aromatic N) is 2. The van der Waals surface area contributed by atoms with Crippen LogP contribution in [-0.2, 0) is 0 Å². The number of aryl methyl sites for hydroxylation is 2. The molecule has 1 N–H and O–H groups in total. The molecule has 1 aromatic heterocycles. The molecule has 3 nitrogen and oxygen atoms in total.